The van der Waals surface area contributed by atoms with Crippen LogP contribution in [-0.2, 0) is 14.8 Å². The number of nitriles is 1. The molecule has 8 nitrogen and oxygen atoms in total. The Morgan fingerprint density at radius 2 is 2.18 bits per heavy atom. The van der Waals surface area contributed by atoms with Crippen LogP contribution in [-0.4, -0.2) is 36.4 Å². The summed E-state index contributed by atoms with van der Waals surface area (Å²) < 4.78 is 35.4. The van der Waals surface area contributed by atoms with Crippen LogP contribution in [0.25, 0.3) is 10.9 Å². The zero-order chi connectivity index (χ0) is 19.5. The molecule has 1 saturated heterocycles. The largest absolute Gasteiger partial charge is 0.380 e. The van der Waals surface area contributed by atoms with Gasteiger partial charge in [0.25, 0.3) is 10.0 Å². The van der Waals surface area contributed by atoms with Crippen molar-refractivity contribution in [3.63, 3.8) is 0 Å². The first-order chi connectivity index (χ1) is 13.4. The Bertz CT molecular complexity index is 1220. The Morgan fingerprint density at radius 3 is 2.86 bits per heavy atom. The van der Waals surface area contributed by atoms with E-state index < -0.39 is 10.0 Å². The average Bonchev–Trinajstić information content (AvgIpc) is 3.22. The van der Waals surface area contributed by atoms with Gasteiger partial charge in [0.2, 0.25) is 0 Å². The number of aromatic nitrogens is 3. The quantitative estimate of drug-likeness (QED) is 0.703. The first-order valence-corrected chi connectivity index (χ1v) is 10.5. The maximum atomic E-state index is 12.9. The minimum absolute atomic E-state index is 0.124. The molecule has 3 heterocycles. The Kier molecular flexibility index (Phi) is 3.60. The molecule has 2 aliphatic rings. The molecular weight excluding hydrogens is 378 g/mol. The van der Waals surface area contributed by atoms with Gasteiger partial charge in [-0.25, -0.2) is 8.42 Å². The van der Waals surface area contributed by atoms with E-state index in [1.54, 1.807) is 29.2 Å². The van der Waals surface area contributed by atoms with Crippen LogP contribution in [0.1, 0.15) is 30.0 Å². The summed E-state index contributed by atoms with van der Waals surface area (Å²) in [6, 6.07) is 5.85. The third kappa shape index (κ3) is 2.52. The fraction of sp³-hybridized carbons (Fsp3) is 0.368. The number of hydrogen-bond acceptors (Lipinski definition) is 5. The van der Waals surface area contributed by atoms with Crippen LogP contribution >= 0.6 is 0 Å². The van der Waals surface area contributed by atoms with Crippen molar-refractivity contribution < 1.29 is 13.2 Å². The number of sulfonamides is 1. The summed E-state index contributed by atoms with van der Waals surface area (Å²) in [5, 5.41) is 14.3. The number of H-pyrrole nitrogens is 1. The third-order valence-corrected chi connectivity index (χ3v) is 7.14. The number of hydrogen-bond donors (Lipinski definition) is 2. The van der Waals surface area contributed by atoms with Gasteiger partial charge in [0, 0.05) is 23.2 Å². The average molecular weight is 397 g/mol. The fourth-order valence-corrected chi connectivity index (χ4v) is 5.22. The van der Waals surface area contributed by atoms with Crippen molar-refractivity contribution in [3.05, 3.63) is 41.9 Å². The van der Waals surface area contributed by atoms with E-state index in [1.807, 2.05) is 6.92 Å². The van der Waals surface area contributed by atoms with Crippen LogP contribution < -0.4 is 4.72 Å². The maximum absolute atomic E-state index is 12.9. The van der Waals surface area contributed by atoms with Crippen molar-refractivity contribution in [2.45, 2.75) is 30.7 Å². The molecule has 5 rings (SSSR count). The van der Waals surface area contributed by atoms with Gasteiger partial charge in [0.05, 0.1) is 42.2 Å². The molecule has 3 aromatic rings. The molecule has 0 radical (unpaired) electrons. The Hall–Kier alpha value is -2.83. The monoisotopic (exact) mass is 397 g/mol. The fourth-order valence-electron chi connectivity index (χ4n) is 4.21. The van der Waals surface area contributed by atoms with Crippen molar-refractivity contribution in [2.75, 3.05) is 17.9 Å². The van der Waals surface area contributed by atoms with Crippen LogP contribution in [0.5, 0.6) is 0 Å². The highest BCUT2D eigenvalue weighted by atomic mass is 32.2. The number of nitrogens with one attached hydrogen (secondary N) is 2. The van der Waals surface area contributed by atoms with Crippen LogP contribution in [0.4, 0.5) is 5.69 Å². The van der Waals surface area contributed by atoms with E-state index in [0.29, 0.717) is 16.8 Å². The standard InChI is InChI=1S/C19H19N5O3S/c1-12-2-3-16(18-17(12)13(6-20)7-21-18)23-28(25,26)15-8-22-24(9-15)14-4-19(5-14)10-27-11-19/h2-3,7-9,14,21,23H,4-5,10-11H2,1H3. The molecular formula is C19H19N5O3S. The van der Waals surface area contributed by atoms with Gasteiger partial charge >= 0.3 is 0 Å². The summed E-state index contributed by atoms with van der Waals surface area (Å²) in [6.45, 7) is 3.47. The zero-order valence-corrected chi connectivity index (χ0v) is 16.1. The maximum Gasteiger partial charge on any atom is 0.265 e. The van der Waals surface area contributed by atoms with Gasteiger partial charge in [0.1, 0.15) is 11.0 Å². The molecule has 1 aromatic carbocycles. The smallest absolute Gasteiger partial charge is 0.265 e. The van der Waals surface area contributed by atoms with E-state index in [9.17, 15) is 13.7 Å². The van der Waals surface area contributed by atoms with Crippen molar-refractivity contribution in [2.24, 2.45) is 5.41 Å². The van der Waals surface area contributed by atoms with Crippen LogP contribution in [0.3, 0.4) is 0 Å². The topological polar surface area (TPSA) is 113 Å². The van der Waals surface area contributed by atoms with E-state index in [-0.39, 0.29) is 16.4 Å². The second-order valence-corrected chi connectivity index (χ2v) is 9.49. The van der Waals surface area contributed by atoms with Gasteiger partial charge < -0.3 is 9.72 Å². The second-order valence-electron chi connectivity index (χ2n) is 7.81. The summed E-state index contributed by atoms with van der Waals surface area (Å²) >= 11 is 0. The summed E-state index contributed by atoms with van der Waals surface area (Å²) in [5.74, 6) is 0. The predicted molar refractivity (Wildman–Crippen MR) is 102 cm³/mol. The van der Waals surface area contributed by atoms with E-state index >= 15 is 0 Å². The lowest BCUT2D eigenvalue weighted by Gasteiger charge is -2.53. The molecule has 1 aliphatic heterocycles. The van der Waals surface area contributed by atoms with E-state index in [1.165, 1.54) is 6.20 Å². The van der Waals surface area contributed by atoms with Gasteiger partial charge in [-0.15, -0.1) is 0 Å². The molecule has 144 valence electrons. The minimum Gasteiger partial charge on any atom is -0.380 e. The molecule has 1 saturated carbocycles. The van der Waals surface area contributed by atoms with E-state index in [2.05, 4.69) is 20.9 Å². The molecule has 1 aliphatic carbocycles. The molecule has 9 heteroatoms. The first-order valence-electron chi connectivity index (χ1n) is 9.06. The highest BCUT2D eigenvalue weighted by molar-refractivity contribution is 7.92. The van der Waals surface area contributed by atoms with E-state index in [0.717, 1.165) is 37.0 Å². The second kappa shape index (κ2) is 5.83. The third-order valence-electron chi connectivity index (χ3n) is 5.82. The minimum atomic E-state index is -3.79. The molecule has 0 amide bonds. The zero-order valence-electron chi connectivity index (χ0n) is 15.3. The molecule has 0 unspecified atom stereocenters. The number of anilines is 1. The van der Waals surface area contributed by atoms with Crippen molar-refractivity contribution in [1.29, 1.82) is 5.26 Å². The molecule has 0 bridgehead atoms. The Balaban J connectivity index is 1.41. The number of fused-ring (bicyclic) bond motifs is 1. The highest BCUT2D eigenvalue weighted by Gasteiger charge is 2.50. The SMILES string of the molecule is Cc1ccc(NS(=O)(=O)c2cnn(C3CC4(COC4)C3)c2)c2[nH]cc(C#N)c12. The van der Waals surface area contributed by atoms with Gasteiger partial charge in [0.15, 0.2) is 0 Å². The van der Waals surface area contributed by atoms with Crippen molar-refractivity contribution in [3.8, 4) is 6.07 Å². The summed E-state index contributed by atoms with van der Waals surface area (Å²) in [5.41, 5.74) is 2.68. The summed E-state index contributed by atoms with van der Waals surface area (Å²) in [7, 11) is -3.79. The van der Waals surface area contributed by atoms with Crippen LogP contribution in [0.15, 0.2) is 35.6 Å². The number of aromatic amines is 1. The number of aryl methyl sites for hydroxylation is 1. The molecule has 2 N–H and O–H groups in total. The number of nitrogens with zero attached hydrogens (tertiary/aromatic N) is 3. The highest BCUT2D eigenvalue weighted by Crippen LogP contribution is 2.52. The van der Waals surface area contributed by atoms with Gasteiger partial charge in [-0.3, -0.25) is 9.40 Å². The summed E-state index contributed by atoms with van der Waals surface area (Å²) in [4.78, 5) is 3.13. The molecule has 0 atom stereocenters. The first kappa shape index (κ1) is 17.3. The van der Waals surface area contributed by atoms with Crippen molar-refractivity contribution in [1.82, 2.24) is 14.8 Å². The normalized spacial score (nSPS) is 18.6. The number of ether oxygens (including phenoxy) is 1. The van der Waals surface area contributed by atoms with Crippen LogP contribution in [0, 0.1) is 23.7 Å². The van der Waals surface area contributed by atoms with Gasteiger partial charge in [-0.05, 0) is 31.4 Å². The Morgan fingerprint density at radius 1 is 1.39 bits per heavy atom. The lowest BCUT2D eigenvalue weighted by Crippen LogP contribution is -2.52. The van der Waals surface area contributed by atoms with Crippen LogP contribution in [0.2, 0.25) is 0 Å². The molecule has 28 heavy (non-hydrogen) atoms. The lowest BCUT2D eigenvalue weighted by atomic mass is 9.64. The molecule has 1 spiro atoms. The van der Waals surface area contributed by atoms with Crippen molar-refractivity contribution >= 4 is 26.6 Å². The number of rotatable bonds is 4. The summed E-state index contributed by atoms with van der Waals surface area (Å²) in [6.07, 6.45) is 6.49. The van der Waals surface area contributed by atoms with Gasteiger partial charge in [-0.1, -0.05) is 6.07 Å². The molecule has 2 fully saturated rings. The number of benzene rings is 1. The predicted octanol–water partition coefficient (Wildman–Crippen LogP) is 2.70. The van der Waals surface area contributed by atoms with E-state index in [4.69, 9.17) is 4.74 Å². The lowest BCUT2D eigenvalue weighted by molar-refractivity contribution is -0.176. The van der Waals surface area contributed by atoms with Gasteiger partial charge in [-0.2, -0.15) is 10.4 Å². The molecule has 2 aromatic heterocycles. The Labute approximate surface area is 162 Å².